The zero-order chi connectivity index (χ0) is 21.1. The standard InChI is InChI=1S/C27H30N2O2/c30-26(27(12-4-5-13-27)24-9-2-1-3-10-24)29-15-16-31-20-21(19-29)17-23-8-6-7-22-11-14-28-18-25(22)23/h1-3,6-11,14,18,21H,4-5,12-13,15-17,19-20H2. The van der Waals surface area contributed by atoms with Gasteiger partial charge in [-0.3, -0.25) is 9.78 Å². The Labute approximate surface area is 184 Å². The van der Waals surface area contributed by atoms with Crippen molar-refractivity contribution in [3.63, 3.8) is 0 Å². The monoisotopic (exact) mass is 414 g/mol. The van der Waals surface area contributed by atoms with Gasteiger partial charge in [0.15, 0.2) is 0 Å². The molecule has 1 amide bonds. The van der Waals surface area contributed by atoms with Gasteiger partial charge in [0.25, 0.3) is 0 Å². The zero-order valence-electron chi connectivity index (χ0n) is 18.0. The quantitative estimate of drug-likeness (QED) is 0.618. The number of ether oxygens (including phenoxy) is 1. The molecular formula is C27H30N2O2. The van der Waals surface area contributed by atoms with Crippen molar-refractivity contribution in [1.29, 1.82) is 0 Å². The summed E-state index contributed by atoms with van der Waals surface area (Å²) >= 11 is 0. The Bertz CT molecular complexity index is 1040. The van der Waals surface area contributed by atoms with Gasteiger partial charge >= 0.3 is 0 Å². The van der Waals surface area contributed by atoms with E-state index in [0.29, 0.717) is 25.7 Å². The van der Waals surface area contributed by atoms with Gasteiger partial charge in [0.2, 0.25) is 5.91 Å². The molecular weight excluding hydrogens is 384 g/mol. The first-order valence-corrected chi connectivity index (χ1v) is 11.5. The van der Waals surface area contributed by atoms with E-state index in [2.05, 4.69) is 58.4 Å². The number of fused-ring (bicyclic) bond motifs is 1. The molecule has 2 heterocycles. The van der Waals surface area contributed by atoms with Gasteiger partial charge in [-0.15, -0.1) is 0 Å². The molecule has 1 unspecified atom stereocenters. The van der Waals surface area contributed by atoms with Crippen molar-refractivity contribution in [1.82, 2.24) is 9.88 Å². The van der Waals surface area contributed by atoms with Crippen LogP contribution >= 0.6 is 0 Å². The van der Waals surface area contributed by atoms with E-state index in [9.17, 15) is 4.79 Å². The van der Waals surface area contributed by atoms with Crippen LogP contribution in [0.25, 0.3) is 10.8 Å². The molecule has 2 fully saturated rings. The van der Waals surface area contributed by atoms with Crippen LogP contribution in [0.15, 0.2) is 67.0 Å². The van der Waals surface area contributed by atoms with Gasteiger partial charge < -0.3 is 9.64 Å². The van der Waals surface area contributed by atoms with E-state index in [0.717, 1.165) is 38.6 Å². The predicted molar refractivity (Wildman–Crippen MR) is 123 cm³/mol. The maximum absolute atomic E-state index is 13.9. The van der Waals surface area contributed by atoms with Gasteiger partial charge in [0.1, 0.15) is 0 Å². The van der Waals surface area contributed by atoms with Crippen molar-refractivity contribution in [2.75, 3.05) is 26.3 Å². The summed E-state index contributed by atoms with van der Waals surface area (Å²) < 4.78 is 5.96. The Morgan fingerprint density at radius 2 is 1.90 bits per heavy atom. The molecule has 4 nitrogen and oxygen atoms in total. The summed E-state index contributed by atoms with van der Waals surface area (Å²) in [5.41, 5.74) is 2.10. The molecule has 1 aliphatic carbocycles. The molecule has 3 aromatic rings. The third-order valence-electron chi connectivity index (χ3n) is 7.10. The normalized spacial score (nSPS) is 21.2. The lowest BCUT2D eigenvalue weighted by Gasteiger charge is -2.35. The van der Waals surface area contributed by atoms with Gasteiger partial charge in [-0.25, -0.2) is 0 Å². The van der Waals surface area contributed by atoms with Gasteiger partial charge in [0, 0.05) is 36.8 Å². The van der Waals surface area contributed by atoms with Crippen LogP contribution < -0.4 is 0 Å². The van der Waals surface area contributed by atoms with E-state index < -0.39 is 0 Å². The van der Waals surface area contributed by atoms with Crippen molar-refractivity contribution in [3.8, 4) is 0 Å². The maximum Gasteiger partial charge on any atom is 0.233 e. The number of carbonyl (C=O) groups excluding carboxylic acids is 1. The highest BCUT2D eigenvalue weighted by atomic mass is 16.5. The summed E-state index contributed by atoms with van der Waals surface area (Å²) in [6.45, 7) is 2.74. The fourth-order valence-corrected chi connectivity index (χ4v) is 5.52. The van der Waals surface area contributed by atoms with Gasteiger partial charge in [-0.1, -0.05) is 61.4 Å². The van der Waals surface area contributed by atoms with Crippen LogP contribution in [0.1, 0.15) is 36.8 Å². The molecule has 1 saturated heterocycles. The number of nitrogens with zero attached hydrogens (tertiary/aromatic N) is 2. The van der Waals surface area contributed by atoms with Crippen molar-refractivity contribution in [3.05, 3.63) is 78.1 Å². The Morgan fingerprint density at radius 1 is 1.06 bits per heavy atom. The van der Waals surface area contributed by atoms with E-state index in [4.69, 9.17) is 4.74 Å². The molecule has 2 aliphatic rings. The Balaban J connectivity index is 1.39. The summed E-state index contributed by atoms with van der Waals surface area (Å²) in [6.07, 6.45) is 8.83. The molecule has 1 aliphatic heterocycles. The van der Waals surface area contributed by atoms with Gasteiger partial charge in [-0.05, 0) is 41.8 Å². The SMILES string of the molecule is O=C(N1CCOCC(Cc2cccc3ccncc23)C1)C1(c2ccccc2)CCCC1. The first-order chi connectivity index (χ1) is 15.3. The largest absolute Gasteiger partial charge is 0.379 e. The average Bonchev–Trinajstić information content (AvgIpc) is 3.21. The Kier molecular flexibility index (Phi) is 5.73. The topological polar surface area (TPSA) is 42.4 Å². The molecule has 160 valence electrons. The number of benzene rings is 2. The number of amides is 1. The highest BCUT2D eigenvalue weighted by Crippen LogP contribution is 2.43. The van der Waals surface area contributed by atoms with Gasteiger partial charge in [-0.2, -0.15) is 0 Å². The first-order valence-electron chi connectivity index (χ1n) is 11.5. The molecule has 0 bridgehead atoms. The van der Waals surface area contributed by atoms with Crippen LogP contribution in [-0.2, 0) is 21.4 Å². The minimum atomic E-state index is -0.362. The second-order valence-corrected chi connectivity index (χ2v) is 9.07. The van der Waals surface area contributed by atoms with Gasteiger partial charge in [0.05, 0.1) is 18.6 Å². The molecule has 1 saturated carbocycles. The fraction of sp³-hybridized carbons (Fsp3) is 0.407. The molecule has 31 heavy (non-hydrogen) atoms. The van der Waals surface area contributed by atoms with E-state index in [1.807, 2.05) is 18.5 Å². The molecule has 0 radical (unpaired) electrons. The minimum Gasteiger partial charge on any atom is -0.379 e. The lowest BCUT2D eigenvalue weighted by atomic mass is 9.77. The highest BCUT2D eigenvalue weighted by molar-refractivity contribution is 5.89. The molecule has 1 atom stereocenters. The van der Waals surface area contributed by atoms with Crippen molar-refractivity contribution >= 4 is 16.7 Å². The minimum absolute atomic E-state index is 0.284. The third-order valence-corrected chi connectivity index (χ3v) is 7.10. The Hall–Kier alpha value is -2.72. The molecule has 5 rings (SSSR count). The maximum atomic E-state index is 13.9. The van der Waals surface area contributed by atoms with E-state index in [1.54, 1.807) is 0 Å². The summed E-state index contributed by atoms with van der Waals surface area (Å²) in [5.74, 6) is 0.581. The van der Waals surface area contributed by atoms with Crippen LogP contribution in [0.4, 0.5) is 0 Å². The van der Waals surface area contributed by atoms with Crippen molar-refractivity contribution in [2.24, 2.45) is 5.92 Å². The summed E-state index contributed by atoms with van der Waals surface area (Å²) in [4.78, 5) is 20.4. The van der Waals surface area contributed by atoms with Crippen LogP contribution in [0.3, 0.4) is 0 Å². The van der Waals surface area contributed by atoms with Crippen molar-refractivity contribution < 1.29 is 9.53 Å². The third kappa shape index (κ3) is 3.97. The summed E-state index contributed by atoms with van der Waals surface area (Å²) in [6, 6.07) is 18.9. The first kappa shape index (κ1) is 20.2. The average molecular weight is 415 g/mol. The number of hydrogen-bond donors (Lipinski definition) is 0. The number of carbonyl (C=O) groups is 1. The Morgan fingerprint density at radius 3 is 2.74 bits per heavy atom. The van der Waals surface area contributed by atoms with Crippen LogP contribution in [0.2, 0.25) is 0 Å². The molecule has 0 N–H and O–H groups in total. The predicted octanol–water partition coefficient (Wildman–Crippen LogP) is 4.76. The van der Waals surface area contributed by atoms with Crippen molar-refractivity contribution in [2.45, 2.75) is 37.5 Å². The second-order valence-electron chi connectivity index (χ2n) is 9.07. The molecule has 4 heteroatoms. The van der Waals surface area contributed by atoms with Crippen LogP contribution in [-0.4, -0.2) is 42.1 Å². The summed E-state index contributed by atoms with van der Waals surface area (Å²) in [7, 11) is 0. The lowest BCUT2D eigenvalue weighted by Crippen LogP contribution is -2.47. The summed E-state index contributed by atoms with van der Waals surface area (Å²) in [5, 5.41) is 2.41. The lowest BCUT2D eigenvalue weighted by molar-refractivity contribution is -0.137. The number of pyridine rings is 1. The number of hydrogen-bond acceptors (Lipinski definition) is 3. The highest BCUT2D eigenvalue weighted by Gasteiger charge is 2.45. The number of aromatic nitrogens is 1. The molecule has 2 aromatic carbocycles. The van der Waals surface area contributed by atoms with E-state index >= 15 is 0 Å². The molecule has 0 spiro atoms. The van der Waals surface area contributed by atoms with E-state index in [1.165, 1.54) is 21.9 Å². The van der Waals surface area contributed by atoms with Crippen LogP contribution in [0.5, 0.6) is 0 Å². The van der Waals surface area contributed by atoms with E-state index in [-0.39, 0.29) is 11.3 Å². The smallest absolute Gasteiger partial charge is 0.233 e. The fourth-order valence-electron chi connectivity index (χ4n) is 5.52. The number of rotatable bonds is 4. The van der Waals surface area contributed by atoms with Crippen LogP contribution in [0, 0.1) is 5.92 Å². The second kappa shape index (κ2) is 8.80. The molecule has 1 aromatic heterocycles. The zero-order valence-corrected chi connectivity index (χ0v) is 18.0.